The third-order valence-corrected chi connectivity index (χ3v) is 5.55. The van der Waals surface area contributed by atoms with Gasteiger partial charge in [-0.15, -0.1) is 10.2 Å². The molecule has 0 bridgehead atoms. The van der Waals surface area contributed by atoms with Gasteiger partial charge in [0.2, 0.25) is 11.0 Å². The number of imide groups is 1. The molecule has 0 saturated heterocycles. The van der Waals surface area contributed by atoms with Crippen molar-refractivity contribution in [1.82, 2.24) is 15.1 Å². The molecule has 2 aromatic carbocycles. The van der Waals surface area contributed by atoms with Crippen LogP contribution in [0.15, 0.2) is 48.5 Å². The number of hydrogen-bond donors (Lipinski definition) is 1. The van der Waals surface area contributed by atoms with Crippen molar-refractivity contribution in [2.75, 3.05) is 19.5 Å². The Hall–Kier alpha value is -4.05. The molecular weight excluding hydrogens is 432 g/mol. The predicted octanol–water partition coefficient (Wildman–Crippen LogP) is 3.00. The highest BCUT2D eigenvalue weighted by Gasteiger charge is 2.35. The Kier molecular flexibility index (Phi) is 5.95. The Morgan fingerprint density at radius 1 is 1.06 bits per heavy atom. The van der Waals surface area contributed by atoms with Gasteiger partial charge in [0.25, 0.3) is 11.8 Å². The molecule has 3 amide bonds. The monoisotopic (exact) mass is 450 g/mol. The number of carbonyl (C=O) groups excluding carboxylic acids is 3. The molecule has 32 heavy (non-hydrogen) atoms. The second-order valence-electron chi connectivity index (χ2n) is 6.67. The first-order valence-corrected chi connectivity index (χ1v) is 10.3. The average Bonchev–Trinajstić information content (AvgIpc) is 3.35. The maximum Gasteiger partial charge on any atom is 0.261 e. The largest absolute Gasteiger partial charge is 0.497 e. The number of nitrogens with zero attached hydrogens (tertiary/aromatic N) is 3. The van der Waals surface area contributed by atoms with Crippen molar-refractivity contribution in [2.45, 2.75) is 6.54 Å². The third kappa shape index (κ3) is 4.21. The van der Waals surface area contributed by atoms with E-state index in [1.165, 1.54) is 13.2 Å². The van der Waals surface area contributed by atoms with Gasteiger partial charge in [0.15, 0.2) is 0 Å². The van der Waals surface area contributed by atoms with Crippen LogP contribution >= 0.6 is 11.3 Å². The summed E-state index contributed by atoms with van der Waals surface area (Å²) in [6.45, 7) is -0.0151. The number of ether oxygens (including phenoxy) is 2. The van der Waals surface area contributed by atoms with Crippen molar-refractivity contribution in [1.29, 1.82) is 0 Å². The summed E-state index contributed by atoms with van der Waals surface area (Å²) in [5, 5.41) is 11.2. The number of benzene rings is 2. The van der Waals surface area contributed by atoms with Crippen molar-refractivity contribution in [2.24, 2.45) is 0 Å². The summed E-state index contributed by atoms with van der Waals surface area (Å²) >= 11 is 1.09. The first-order chi connectivity index (χ1) is 15.5. The summed E-state index contributed by atoms with van der Waals surface area (Å²) in [7, 11) is 3.09. The number of carbonyl (C=O) groups is 3. The van der Waals surface area contributed by atoms with E-state index in [0.717, 1.165) is 16.2 Å². The van der Waals surface area contributed by atoms with E-state index in [4.69, 9.17) is 9.47 Å². The van der Waals surface area contributed by atoms with Gasteiger partial charge in [0.1, 0.15) is 16.5 Å². The van der Waals surface area contributed by atoms with Gasteiger partial charge in [-0.2, -0.15) is 0 Å². The minimum atomic E-state index is -0.411. The number of anilines is 1. The molecular formula is C22H18N4O5S. The van der Waals surface area contributed by atoms with Crippen LogP contribution in [0.5, 0.6) is 11.5 Å². The van der Waals surface area contributed by atoms with Crippen LogP contribution in [-0.4, -0.2) is 47.0 Å². The van der Waals surface area contributed by atoms with Gasteiger partial charge in [-0.25, -0.2) is 0 Å². The number of fused-ring (bicyclic) bond motifs is 1. The lowest BCUT2D eigenvalue weighted by Crippen LogP contribution is -2.29. The molecule has 1 N–H and O–H groups in total. The molecule has 0 radical (unpaired) electrons. The lowest BCUT2D eigenvalue weighted by molar-refractivity contribution is -0.111. The number of aromatic nitrogens is 2. The Labute approximate surface area is 187 Å². The summed E-state index contributed by atoms with van der Waals surface area (Å²) in [4.78, 5) is 38.3. The van der Waals surface area contributed by atoms with E-state index in [-0.39, 0.29) is 23.5 Å². The van der Waals surface area contributed by atoms with E-state index in [2.05, 4.69) is 15.5 Å². The molecule has 0 atom stereocenters. The van der Waals surface area contributed by atoms with Gasteiger partial charge in [-0.05, 0) is 30.3 Å². The first-order valence-electron chi connectivity index (χ1n) is 9.49. The second-order valence-corrected chi connectivity index (χ2v) is 7.74. The summed E-state index contributed by atoms with van der Waals surface area (Å²) in [5.41, 5.74) is 1.44. The van der Waals surface area contributed by atoms with Crippen LogP contribution in [0, 0.1) is 0 Å². The van der Waals surface area contributed by atoms with Crippen molar-refractivity contribution < 1.29 is 23.9 Å². The summed E-state index contributed by atoms with van der Waals surface area (Å²) in [6.07, 6.45) is 2.95. The molecule has 0 fully saturated rings. The minimum Gasteiger partial charge on any atom is -0.497 e. The van der Waals surface area contributed by atoms with E-state index >= 15 is 0 Å². The Balaban J connectivity index is 1.40. The quantitative estimate of drug-likeness (QED) is 0.435. The maximum atomic E-state index is 12.5. The lowest BCUT2D eigenvalue weighted by atomic mass is 10.1. The SMILES string of the molecule is COc1ccc(/C=C/C(=O)Nc2nnc(CN3C(=O)c4ccccc4C3=O)s2)c(OC)c1. The predicted molar refractivity (Wildman–Crippen MR) is 118 cm³/mol. The second kappa shape index (κ2) is 8.98. The number of methoxy groups -OCH3 is 2. The molecule has 0 unspecified atom stereocenters. The summed E-state index contributed by atoms with van der Waals surface area (Å²) in [5.74, 6) is 0.0484. The van der Waals surface area contributed by atoms with Gasteiger partial charge in [-0.3, -0.25) is 24.6 Å². The van der Waals surface area contributed by atoms with Crippen LogP contribution in [0.1, 0.15) is 31.3 Å². The zero-order chi connectivity index (χ0) is 22.7. The number of rotatable bonds is 7. The number of amides is 3. The molecule has 0 spiro atoms. The van der Waals surface area contributed by atoms with Crippen molar-refractivity contribution in [3.8, 4) is 11.5 Å². The molecule has 4 rings (SSSR count). The van der Waals surface area contributed by atoms with Gasteiger partial charge < -0.3 is 9.47 Å². The maximum absolute atomic E-state index is 12.5. The van der Waals surface area contributed by atoms with E-state index in [1.54, 1.807) is 55.7 Å². The molecule has 162 valence electrons. The molecule has 1 aromatic heterocycles. The van der Waals surface area contributed by atoms with Gasteiger partial charge in [-0.1, -0.05) is 23.5 Å². The van der Waals surface area contributed by atoms with Crippen LogP contribution in [0.3, 0.4) is 0 Å². The number of hydrogen-bond acceptors (Lipinski definition) is 8. The van der Waals surface area contributed by atoms with Crippen molar-refractivity contribution in [3.63, 3.8) is 0 Å². The van der Waals surface area contributed by atoms with E-state index in [1.807, 2.05) is 0 Å². The fraction of sp³-hybridized carbons (Fsp3) is 0.136. The number of nitrogens with one attached hydrogen (secondary N) is 1. The highest BCUT2D eigenvalue weighted by Crippen LogP contribution is 2.27. The van der Waals surface area contributed by atoms with Crippen LogP contribution in [-0.2, 0) is 11.3 Å². The fourth-order valence-corrected chi connectivity index (χ4v) is 3.89. The zero-order valence-corrected chi connectivity index (χ0v) is 18.0. The Bertz CT molecular complexity index is 1200. The minimum absolute atomic E-state index is 0.0151. The van der Waals surface area contributed by atoms with Gasteiger partial charge >= 0.3 is 0 Å². The van der Waals surface area contributed by atoms with Crippen LogP contribution in [0.2, 0.25) is 0 Å². The molecule has 1 aliphatic heterocycles. The third-order valence-electron chi connectivity index (χ3n) is 4.72. The Morgan fingerprint density at radius 2 is 1.78 bits per heavy atom. The van der Waals surface area contributed by atoms with E-state index in [0.29, 0.717) is 33.2 Å². The fourth-order valence-electron chi connectivity index (χ4n) is 3.15. The topological polar surface area (TPSA) is 111 Å². The average molecular weight is 450 g/mol. The van der Waals surface area contributed by atoms with Crippen molar-refractivity contribution >= 4 is 40.3 Å². The first kappa shape index (κ1) is 21.2. The standard InChI is InChI=1S/C22H18N4O5S/c1-30-14-9-7-13(17(11-14)31-2)8-10-18(27)23-22-25-24-19(32-22)12-26-20(28)15-5-3-4-6-16(15)21(26)29/h3-11H,12H2,1-2H3,(H,23,25,27)/b10-8+. The van der Waals surface area contributed by atoms with E-state index < -0.39 is 5.91 Å². The van der Waals surface area contributed by atoms with E-state index in [9.17, 15) is 14.4 Å². The normalized spacial score (nSPS) is 12.9. The molecule has 0 aliphatic carbocycles. The highest BCUT2D eigenvalue weighted by atomic mass is 32.1. The van der Waals surface area contributed by atoms with Crippen LogP contribution in [0.25, 0.3) is 6.08 Å². The molecule has 0 saturated carbocycles. The van der Waals surface area contributed by atoms with Gasteiger partial charge in [0.05, 0.1) is 31.9 Å². The summed E-state index contributed by atoms with van der Waals surface area (Å²) in [6, 6.07) is 11.9. The molecule has 9 nitrogen and oxygen atoms in total. The lowest BCUT2D eigenvalue weighted by Gasteiger charge is -2.10. The molecule has 10 heteroatoms. The summed E-state index contributed by atoms with van der Waals surface area (Å²) < 4.78 is 10.5. The Morgan fingerprint density at radius 3 is 2.44 bits per heavy atom. The smallest absolute Gasteiger partial charge is 0.261 e. The van der Waals surface area contributed by atoms with Crippen LogP contribution < -0.4 is 14.8 Å². The molecule has 2 heterocycles. The zero-order valence-electron chi connectivity index (χ0n) is 17.2. The van der Waals surface area contributed by atoms with Crippen LogP contribution in [0.4, 0.5) is 5.13 Å². The highest BCUT2D eigenvalue weighted by molar-refractivity contribution is 7.15. The van der Waals surface area contributed by atoms with Crippen molar-refractivity contribution in [3.05, 3.63) is 70.2 Å². The van der Waals surface area contributed by atoms with Gasteiger partial charge in [0, 0.05) is 17.7 Å². The molecule has 1 aliphatic rings. The molecule has 3 aromatic rings.